The highest BCUT2D eigenvalue weighted by Gasteiger charge is 2.33. The Balaban J connectivity index is 3.94. The lowest BCUT2D eigenvalue weighted by atomic mass is 10.0. The van der Waals surface area contributed by atoms with Crippen molar-refractivity contribution in [2.24, 2.45) is 11.8 Å². The van der Waals surface area contributed by atoms with Crippen LogP contribution >= 0.6 is 0 Å². The Kier molecular flexibility index (Phi) is 21.6. The minimum atomic E-state index is -1.92. The van der Waals surface area contributed by atoms with Gasteiger partial charge in [-0.05, 0) is 24.7 Å². The second-order valence-corrected chi connectivity index (χ2v) is 10.2. The highest BCUT2D eigenvalue weighted by atomic mass is 16.6. The van der Waals surface area contributed by atoms with Gasteiger partial charge < -0.3 is 19.7 Å². The standard InChI is InChI=1S/C28H54O6/c1-5-7-9-11-13-15-17-19-23(3)21-33-27(31)25(29)26(30)28(32)34-22-24(4)20-18-16-14-12-10-8-6-2/h23-26,29-30H,5-22H2,1-4H3/t23?,24?,25-,26-/m1/s1. The molecule has 34 heavy (non-hydrogen) atoms. The first-order valence-electron chi connectivity index (χ1n) is 14.0. The summed E-state index contributed by atoms with van der Waals surface area (Å²) >= 11 is 0. The SMILES string of the molecule is CCCCCCCCCC(C)COC(=O)[C@H](O)[C@@H](O)C(=O)OCC(C)CCCCCCCCC. The lowest BCUT2D eigenvalue weighted by Gasteiger charge is -2.19. The number of carbonyl (C=O) groups excluding carboxylic acids is 2. The lowest BCUT2D eigenvalue weighted by Crippen LogP contribution is -2.42. The Labute approximate surface area is 209 Å². The molecule has 0 amide bonds. The topological polar surface area (TPSA) is 93.1 Å². The molecular weight excluding hydrogens is 432 g/mol. The van der Waals surface area contributed by atoms with E-state index < -0.39 is 24.1 Å². The number of aliphatic hydroxyl groups is 2. The molecule has 0 aliphatic heterocycles. The molecule has 6 heteroatoms. The van der Waals surface area contributed by atoms with E-state index in [1.54, 1.807) is 0 Å². The maximum absolute atomic E-state index is 12.0. The number of esters is 2. The number of ether oxygens (including phenoxy) is 2. The fraction of sp³-hybridized carbons (Fsp3) is 0.929. The zero-order chi connectivity index (χ0) is 25.6. The number of rotatable bonds is 23. The first kappa shape index (κ1) is 32.9. The monoisotopic (exact) mass is 486 g/mol. The van der Waals surface area contributed by atoms with Crippen LogP contribution in [0, 0.1) is 11.8 Å². The fourth-order valence-corrected chi connectivity index (χ4v) is 3.94. The van der Waals surface area contributed by atoms with Crippen LogP contribution in [0.2, 0.25) is 0 Å². The summed E-state index contributed by atoms with van der Waals surface area (Å²) in [5.41, 5.74) is 0. The van der Waals surface area contributed by atoms with E-state index in [4.69, 9.17) is 9.47 Å². The summed E-state index contributed by atoms with van der Waals surface area (Å²) in [6.45, 7) is 8.75. The normalized spacial score (nSPS) is 14.9. The van der Waals surface area contributed by atoms with Gasteiger partial charge in [0, 0.05) is 0 Å². The van der Waals surface area contributed by atoms with E-state index in [1.165, 1.54) is 77.0 Å². The number of aliphatic hydroxyl groups excluding tert-OH is 2. The smallest absolute Gasteiger partial charge is 0.338 e. The third kappa shape index (κ3) is 18.2. The average Bonchev–Trinajstić information content (AvgIpc) is 2.83. The third-order valence-electron chi connectivity index (χ3n) is 6.40. The van der Waals surface area contributed by atoms with Crippen LogP contribution in [0.1, 0.15) is 130 Å². The van der Waals surface area contributed by atoms with Gasteiger partial charge in [-0.1, -0.05) is 118 Å². The van der Waals surface area contributed by atoms with Gasteiger partial charge in [-0.15, -0.1) is 0 Å². The Morgan fingerprint density at radius 1 is 0.559 bits per heavy atom. The van der Waals surface area contributed by atoms with E-state index in [0.717, 1.165) is 25.7 Å². The first-order chi connectivity index (χ1) is 16.3. The molecule has 0 fully saturated rings. The van der Waals surface area contributed by atoms with Gasteiger partial charge in [0.1, 0.15) is 0 Å². The van der Waals surface area contributed by atoms with Crippen molar-refractivity contribution in [3.63, 3.8) is 0 Å². The van der Waals surface area contributed by atoms with Crippen molar-refractivity contribution in [2.45, 2.75) is 143 Å². The molecule has 0 rings (SSSR count). The summed E-state index contributed by atoms with van der Waals surface area (Å²) < 4.78 is 10.2. The van der Waals surface area contributed by atoms with Crippen LogP contribution in [0.3, 0.4) is 0 Å². The molecule has 6 nitrogen and oxygen atoms in total. The van der Waals surface area contributed by atoms with Crippen LogP contribution in [0.25, 0.3) is 0 Å². The summed E-state index contributed by atoms with van der Waals surface area (Å²) in [6.07, 6.45) is 15.3. The highest BCUT2D eigenvalue weighted by Crippen LogP contribution is 2.15. The van der Waals surface area contributed by atoms with Crippen LogP contribution < -0.4 is 0 Å². The Morgan fingerprint density at radius 3 is 1.18 bits per heavy atom. The van der Waals surface area contributed by atoms with Gasteiger partial charge >= 0.3 is 11.9 Å². The molecule has 0 bridgehead atoms. The second-order valence-electron chi connectivity index (χ2n) is 10.2. The molecule has 0 heterocycles. The maximum atomic E-state index is 12.0. The van der Waals surface area contributed by atoms with Gasteiger partial charge in [-0.3, -0.25) is 0 Å². The number of hydrogen-bond donors (Lipinski definition) is 2. The maximum Gasteiger partial charge on any atom is 0.338 e. The van der Waals surface area contributed by atoms with Crippen molar-refractivity contribution >= 4 is 11.9 Å². The molecule has 0 saturated heterocycles. The Bertz CT molecular complexity index is 451. The molecule has 0 spiro atoms. The first-order valence-corrected chi connectivity index (χ1v) is 14.0. The predicted molar refractivity (Wildman–Crippen MR) is 137 cm³/mol. The Morgan fingerprint density at radius 2 is 0.853 bits per heavy atom. The van der Waals surface area contributed by atoms with Gasteiger partial charge in [0.15, 0.2) is 12.2 Å². The van der Waals surface area contributed by atoms with Crippen LogP contribution in [0.4, 0.5) is 0 Å². The molecule has 202 valence electrons. The molecule has 2 N–H and O–H groups in total. The van der Waals surface area contributed by atoms with E-state index in [0.29, 0.717) is 0 Å². The minimum Gasteiger partial charge on any atom is -0.463 e. The van der Waals surface area contributed by atoms with Crippen molar-refractivity contribution in [2.75, 3.05) is 13.2 Å². The molecule has 0 aromatic rings. The fourth-order valence-electron chi connectivity index (χ4n) is 3.94. The second kappa shape index (κ2) is 22.3. The molecule has 0 radical (unpaired) electrons. The summed E-state index contributed by atoms with van der Waals surface area (Å²) in [7, 11) is 0. The largest absolute Gasteiger partial charge is 0.463 e. The lowest BCUT2D eigenvalue weighted by molar-refractivity contribution is -0.174. The Hall–Kier alpha value is -1.14. The van der Waals surface area contributed by atoms with Crippen LogP contribution in [-0.2, 0) is 19.1 Å². The molecule has 0 aliphatic rings. The molecule has 0 aliphatic carbocycles. The van der Waals surface area contributed by atoms with E-state index in [2.05, 4.69) is 13.8 Å². The van der Waals surface area contributed by atoms with Crippen molar-refractivity contribution in [3.05, 3.63) is 0 Å². The number of hydrogen-bond acceptors (Lipinski definition) is 6. The molecule has 2 unspecified atom stereocenters. The predicted octanol–water partition coefficient (Wildman–Crippen LogP) is 6.35. The van der Waals surface area contributed by atoms with Gasteiger partial charge in [0.05, 0.1) is 13.2 Å². The number of carbonyl (C=O) groups is 2. The zero-order valence-corrected chi connectivity index (χ0v) is 22.6. The quantitative estimate of drug-likeness (QED) is 0.129. The van der Waals surface area contributed by atoms with E-state index in [-0.39, 0.29) is 25.0 Å². The molecular formula is C28H54O6. The van der Waals surface area contributed by atoms with Gasteiger partial charge in [0.25, 0.3) is 0 Å². The molecule has 0 saturated carbocycles. The van der Waals surface area contributed by atoms with E-state index >= 15 is 0 Å². The van der Waals surface area contributed by atoms with Crippen LogP contribution in [0.5, 0.6) is 0 Å². The summed E-state index contributed by atoms with van der Waals surface area (Å²) in [6, 6.07) is 0. The third-order valence-corrected chi connectivity index (χ3v) is 6.40. The zero-order valence-electron chi connectivity index (χ0n) is 22.6. The van der Waals surface area contributed by atoms with Crippen LogP contribution in [-0.4, -0.2) is 47.6 Å². The highest BCUT2D eigenvalue weighted by molar-refractivity contribution is 5.85. The van der Waals surface area contributed by atoms with E-state index in [1.807, 2.05) is 13.8 Å². The van der Waals surface area contributed by atoms with Gasteiger partial charge in [-0.25, -0.2) is 9.59 Å². The average molecular weight is 487 g/mol. The molecule has 0 aromatic heterocycles. The minimum absolute atomic E-state index is 0.170. The molecule has 4 atom stereocenters. The summed E-state index contributed by atoms with van der Waals surface area (Å²) in [5.74, 6) is -1.62. The van der Waals surface area contributed by atoms with Crippen molar-refractivity contribution in [1.82, 2.24) is 0 Å². The van der Waals surface area contributed by atoms with Crippen molar-refractivity contribution in [1.29, 1.82) is 0 Å². The van der Waals surface area contributed by atoms with E-state index in [9.17, 15) is 19.8 Å². The van der Waals surface area contributed by atoms with Crippen LogP contribution in [0.15, 0.2) is 0 Å². The van der Waals surface area contributed by atoms with Gasteiger partial charge in [0.2, 0.25) is 0 Å². The molecule has 0 aromatic carbocycles. The van der Waals surface area contributed by atoms with Crippen molar-refractivity contribution < 1.29 is 29.3 Å². The van der Waals surface area contributed by atoms with Gasteiger partial charge in [-0.2, -0.15) is 0 Å². The number of unbranched alkanes of at least 4 members (excludes halogenated alkanes) is 12. The summed E-state index contributed by atoms with van der Waals surface area (Å²) in [4.78, 5) is 24.1. The summed E-state index contributed by atoms with van der Waals surface area (Å²) in [5, 5.41) is 20.0. The van der Waals surface area contributed by atoms with Crippen molar-refractivity contribution in [3.8, 4) is 0 Å².